The van der Waals surface area contributed by atoms with Crippen LogP contribution < -0.4 is 5.32 Å². The van der Waals surface area contributed by atoms with E-state index in [1.807, 2.05) is 23.1 Å². The molecule has 2 aromatic rings. The van der Waals surface area contributed by atoms with Crippen molar-refractivity contribution in [3.63, 3.8) is 0 Å². The first-order valence-electron chi connectivity index (χ1n) is 10.2. The molecule has 1 aliphatic rings. The van der Waals surface area contributed by atoms with Gasteiger partial charge in [-0.2, -0.15) is 0 Å². The molecule has 0 unspecified atom stereocenters. The van der Waals surface area contributed by atoms with Gasteiger partial charge in [-0.3, -0.25) is 9.59 Å². The van der Waals surface area contributed by atoms with Gasteiger partial charge in [-0.25, -0.2) is 0 Å². The standard InChI is InChI=1S/C23H30N2O3/c1-4-23(5-2,18-9-7-6-8-10-18)22(27)25-14-11-19(12-15-25)24-21(26)20-13-16-28-17(20)3/h6-10,13,16,19H,4-5,11-12,14-15H2,1-3H3,(H,24,26). The smallest absolute Gasteiger partial charge is 0.255 e. The van der Waals surface area contributed by atoms with Crippen LogP contribution in [0, 0.1) is 6.92 Å². The second kappa shape index (κ2) is 8.63. The number of furan rings is 1. The lowest BCUT2D eigenvalue weighted by Crippen LogP contribution is -2.52. The van der Waals surface area contributed by atoms with Gasteiger partial charge >= 0.3 is 0 Å². The summed E-state index contributed by atoms with van der Waals surface area (Å²) in [6, 6.07) is 11.9. The molecule has 150 valence electrons. The van der Waals surface area contributed by atoms with E-state index in [1.165, 1.54) is 6.26 Å². The van der Waals surface area contributed by atoms with E-state index in [-0.39, 0.29) is 17.9 Å². The number of likely N-dealkylation sites (tertiary alicyclic amines) is 1. The van der Waals surface area contributed by atoms with Crippen molar-refractivity contribution in [3.8, 4) is 0 Å². The number of nitrogens with zero attached hydrogens (tertiary/aromatic N) is 1. The van der Waals surface area contributed by atoms with Gasteiger partial charge in [-0.05, 0) is 44.2 Å². The van der Waals surface area contributed by atoms with E-state index in [1.54, 1.807) is 13.0 Å². The van der Waals surface area contributed by atoms with E-state index < -0.39 is 5.41 Å². The minimum Gasteiger partial charge on any atom is -0.469 e. The second-order valence-corrected chi connectivity index (χ2v) is 7.59. The summed E-state index contributed by atoms with van der Waals surface area (Å²) in [5, 5.41) is 3.08. The van der Waals surface area contributed by atoms with Crippen LogP contribution in [0.3, 0.4) is 0 Å². The Hall–Kier alpha value is -2.56. The van der Waals surface area contributed by atoms with Crippen molar-refractivity contribution in [2.45, 2.75) is 57.9 Å². The van der Waals surface area contributed by atoms with Gasteiger partial charge in [0.2, 0.25) is 5.91 Å². The summed E-state index contributed by atoms with van der Waals surface area (Å²) in [5.74, 6) is 0.736. The van der Waals surface area contributed by atoms with Gasteiger partial charge in [0, 0.05) is 19.1 Å². The number of hydrogen-bond acceptors (Lipinski definition) is 3. The molecule has 5 nitrogen and oxygen atoms in total. The number of piperidine rings is 1. The Bertz CT molecular complexity index is 800. The van der Waals surface area contributed by atoms with Crippen molar-refractivity contribution in [2.75, 3.05) is 13.1 Å². The van der Waals surface area contributed by atoms with Crippen LogP contribution in [-0.4, -0.2) is 35.8 Å². The Labute approximate surface area is 167 Å². The number of nitrogens with one attached hydrogen (secondary N) is 1. The molecule has 2 amide bonds. The summed E-state index contributed by atoms with van der Waals surface area (Å²) >= 11 is 0. The van der Waals surface area contributed by atoms with E-state index in [4.69, 9.17) is 4.42 Å². The van der Waals surface area contributed by atoms with Crippen LogP contribution in [0.2, 0.25) is 0 Å². The summed E-state index contributed by atoms with van der Waals surface area (Å²) < 4.78 is 5.21. The zero-order valence-electron chi connectivity index (χ0n) is 17.0. The zero-order chi connectivity index (χ0) is 20.1. The van der Waals surface area contributed by atoms with Crippen molar-refractivity contribution in [2.24, 2.45) is 0 Å². The predicted molar refractivity (Wildman–Crippen MR) is 109 cm³/mol. The highest BCUT2D eigenvalue weighted by Crippen LogP contribution is 2.34. The average Bonchev–Trinajstić information content (AvgIpc) is 3.17. The summed E-state index contributed by atoms with van der Waals surface area (Å²) in [4.78, 5) is 27.8. The average molecular weight is 383 g/mol. The fourth-order valence-corrected chi connectivity index (χ4v) is 4.25. The molecule has 0 radical (unpaired) electrons. The number of benzene rings is 1. The molecule has 2 heterocycles. The summed E-state index contributed by atoms with van der Waals surface area (Å²) in [6.45, 7) is 7.31. The van der Waals surface area contributed by atoms with Crippen LogP contribution in [-0.2, 0) is 10.2 Å². The van der Waals surface area contributed by atoms with Crippen molar-refractivity contribution in [1.29, 1.82) is 0 Å². The Morgan fingerprint density at radius 2 is 1.75 bits per heavy atom. The maximum atomic E-state index is 13.5. The normalized spacial score (nSPS) is 15.5. The number of hydrogen-bond donors (Lipinski definition) is 1. The number of amides is 2. The summed E-state index contributed by atoms with van der Waals surface area (Å²) in [5.41, 5.74) is 1.21. The van der Waals surface area contributed by atoms with E-state index in [0.29, 0.717) is 24.4 Å². The van der Waals surface area contributed by atoms with Gasteiger partial charge in [-0.15, -0.1) is 0 Å². The van der Waals surface area contributed by atoms with E-state index in [0.717, 1.165) is 31.2 Å². The third-order valence-electron chi connectivity index (χ3n) is 6.16. The Balaban J connectivity index is 1.64. The highest BCUT2D eigenvalue weighted by atomic mass is 16.3. The number of aryl methyl sites for hydroxylation is 1. The second-order valence-electron chi connectivity index (χ2n) is 7.59. The van der Waals surface area contributed by atoms with E-state index >= 15 is 0 Å². The van der Waals surface area contributed by atoms with Crippen molar-refractivity contribution >= 4 is 11.8 Å². The fourth-order valence-electron chi connectivity index (χ4n) is 4.25. The third-order valence-corrected chi connectivity index (χ3v) is 6.16. The Kier molecular flexibility index (Phi) is 6.22. The molecule has 1 N–H and O–H groups in total. The van der Waals surface area contributed by atoms with Crippen LogP contribution in [0.15, 0.2) is 47.1 Å². The number of carbonyl (C=O) groups is 2. The minimum atomic E-state index is -0.467. The molecule has 1 aromatic heterocycles. The molecule has 0 saturated carbocycles. The summed E-state index contributed by atoms with van der Waals surface area (Å²) in [7, 11) is 0. The Morgan fingerprint density at radius 3 is 2.29 bits per heavy atom. The molecule has 28 heavy (non-hydrogen) atoms. The highest BCUT2D eigenvalue weighted by molar-refractivity contribution is 5.95. The topological polar surface area (TPSA) is 62.6 Å². The van der Waals surface area contributed by atoms with Gasteiger partial charge in [0.05, 0.1) is 17.2 Å². The molecule has 5 heteroatoms. The molecule has 3 rings (SSSR count). The first-order valence-corrected chi connectivity index (χ1v) is 10.2. The van der Waals surface area contributed by atoms with Crippen LogP contribution >= 0.6 is 0 Å². The lowest BCUT2D eigenvalue weighted by molar-refractivity contribution is -0.139. The first kappa shape index (κ1) is 20.2. The van der Waals surface area contributed by atoms with Crippen molar-refractivity contribution < 1.29 is 14.0 Å². The van der Waals surface area contributed by atoms with Crippen LogP contribution in [0.25, 0.3) is 0 Å². The van der Waals surface area contributed by atoms with Crippen molar-refractivity contribution in [1.82, 2.24) is 10.2 Å². The fraction of sp³-hybridized carbons (Fsp3) is 0.478. The molecule has 0 spiro atoms. The zero-order valence-corrected chi connectivity index (χ0v) is 17.0. The van der Waals surface area contributed by atoms with Gasteiger partial charge in [0.25, 0.3) is 5.91 Å². The van der Waals surface area contributed by atoms with E-state index in [2.05, 4.69) is 31.3 Å². The van der Waals surface area contributed by atoms with Crippen LogP contribution in [0.4, 0.5) is 0 Å². The van der Waals surface area contributed by atoms with Crippen LogP contribution in [0.5, 0.6) is 0 Å². The van der Waals surface area contributed by atoms with Crippen LogP contribution in [0.1, 0.15) is 61.2 Å². The lowest BCUT2D eigenvalue weighted by atomic mass is 9.74. The predicted octanol–water partition coefficient (Wildman–Crippen LogP) is 4.07. The molecular weight excluding hydrogens is 352 g/mol. The number of rotatable bonds is 6. The maximum absolute atomic E-state index is 13.5. The number of carbonyl (C=O) groups excluding carboxylic acids is 2. The monoisotopic (exact) mass is 382 g/mol. The largest absolute Gasteiger partial charge is 0.469 e. The lowest BCUT2D eigenvalue weighted by Gasteiger charge is -2.40. The van der Waals surface area contributed by atoms with Gasteiger partial charge in [0.1, 0.15) is 5.76 Å². The van der Waals surface area contributed by atoms with Crippen molar-refractivity contribution in [3.05, 3.63) is 59.5 Å². The van der Waals surface area contributed by atoms with Gasteiger partial charge < -0.3 is 14.6 Å². The summed E-state index contributed by atoms with van der Waals surface area (Å²) in [6.07, 6.45) is 4.63. The highest BCUT2D eigenvalue weighted by Gasteiger charge is 2.40. The minimum absolute atomic E-state index is 0.0835. The maximum Gasteiger partial charge on any atom is 0.255 e. The van der Waals surface area contributed by atoms with E-state index in [9.17, 15) is 9.59 Å². The molecule has 0 aliphatic carbocycles. The molecule has 1 saturated heterocycles. The van der Waals surface area contributed by atoms with Gasteiger partial charge in [0.15, 0.2) is 0 Å². The molecule has 0 bridgehead atoms. The molecule has 1 aliphatic heterocycles. The third kappa shape index (κ3) is 3.84. The SMILES string of the molecule is CCC(CC)(C(=O)N1CCC(NC(=O)c2ccoc2C)CC1)c1ccccc1. The van der Waals surface area contributed by atoms with Gasteiger partial charge in [-0.1, -0.05) is 44.2 Å². The molecule has 0 atom stereocenters. The Morgan fingerprint density at radius 1 is 1.11 bits per heavy atom. The first-order chi connectivity index (χ1) is 13.5. The quantitative estimate of drug-likeness (QED) is 0.819. The molecule has 1 aromatic carbocycles. The molecule has 1 fully saturated rings. The molecular formula is C23H30N2O3.